The smallest absolute Gasteiger partial charge is 0.412 e. The number of carbonyl (C=O) groups is 2. The van der Waals surface area contributed by atoms with Crippen molar-refractivity contribution < 1.29 is 14.3 Å². The molecule has 3 aromatic rings. The first-order valence-corrected chi connectivity index (χ1v) is 12.8. The van der Waals surface area contributed by atoms with Crippen molar-refractivity contribution in [3.8, 4) is 0 Å². The van der Waals surface area contributed by atoms with Crippen LogP contribution in [-0.2, 0) is 16.9 Å². The molecule has 6 nitrogen and oxygen atoms in total. The normalized spacial score (nSPS) is 15.4. The van der Waals surface area contributed by atoms with E-state index in [0.29, 0.717) is 34.2 Å². The second kappa shape index (κ2) is 12.6. The van der Waals surface area contributed by atoms with Crippen LogP contribution in [0.2, 0.25) is 0 Å². The number of hydrogen-bond acceptors (Lipinski definition) is 6. The molecule has 2 N–H and O–H groups in total. The van der Waals surface area contributed by atoms with Gasteiger partial charge in [-0.3, -0.25) is 10.1 Å². The van der Waals surface area contributed by atoms with Crippen LogP contribution in [0, 0.1) is 11.3 Å². The molecule has 1 atom stereocenters. The fraction of sp³-hybridized carbons (Fsp3) is 0.133. The maximum atomic E-state index is 13.4. The van der Waals surface area contributed by atoms with Gasteiger partial charge in [0, 0.05) is 22.8 Å². The first-order chi connectivity index (χ1) is 18.0. The summed E-state index contributed by atoms with van der Waals surface area (Å²) in [6.07, 6.45) is 3.26. The molecule has 4 rings (SSSR count). The van der Waals surface area contributed by atoms with Gasteiger partial charge < -0.3 is 10.1 Å². The lowest BCUT2D eigenvalue weighted by Crippen LogP contribution is -2.31. The van der Waals surface area contributed by atoms with E-state index in [1.807, 2.05) is 78.9 Å². The van der Waals surface area contributed by atoms with Crippen LogP contribution in [0.15, 0.2) is 119 Å². The lowest BCUT2D eigenvalue weighted by Gasteiger charge is -2.24. The molecule has 7 heteroatoms. The van der Waals surface area contributed by atoms with Crippen molar-refractivity contribution in [1.82, 2.24) is 5.32 Å². The second-order valence-corrected chi connectivity index (χ2v) is 9.30. The zero-order valence-electron chi connectivity index (χ0n) is 20.4. The van der Waals surface area contributed by atoms with Gasteiger partial charge in [0.25, 0.3) is 0 Å². The van der Waals surface area contributed by atoms with Crippen LogP contribution in [0.1, 0.15) is 21.5 Å². The predicted molar refractivity (Wildman–Crippen MR) is 149 cm³/mol. The Labute approximate surface area is 220 Å². The predicted octanol–water partition coefficient (Wildman–Crippen LogP) is 6.22. The average molecular weight is 510 g/mol. The first-order valence-electron chi connectivity index (χ1n) is 11.8. The Kier molecular flexibility index (Phi) is 8.84. The number of rotatable bonds is 7. The van der Waals surface area contributed by atoms with E-state index in [1.165, 1.54) is 18.9 Å². The van der Waals surface area contributed by atoms with Gasteiger partial charge in [-0.25, -0.2) is 9.79 Å². The van der Waals surface area contributed by atoms with Crippen molar-refractivity contribution in [2.75, 3.05) is 7.11 Å². The number of benzene rings is 3. The van der Waals surface area contributed by atoms with Gasteiger partial charge in [-0.1, -0.05) is 109 Å². The van der Waals surface area contributed by atoms with Crippen molar-refractivity contribution in [1.29, 1.82) is 5.41 Å². The molecule has 0 radical (unpaired) electrons. The summed E-state index contributed by atoms with van der Waals surface area (Å²) in [6, 6.07) is 28.7. The Morgan fingerprint density at radius 3 is 2.11 bits per heavy atom. The van der Waals surface area contributed by atoms with Crippen LogP contribution in [0.25, 0.3) is 0 Å². The minimum absolute atomic E-state index is 0.114. The number of hydrogen-bond donors (Lipinski definition) is 2. The van der Waals surface area contributed by atoms with Crippen LogP contribution >= 0.6 is 11.8 Å². The number of Topliss-reactive ketones (excluding diaryl/α,β-unsaturated/α-hetero) is 1. The molecule has 1 aliphatic rings. The molecule has 0 saturated heterocycles. The Bertz CT molecular complexity index is 1350. The summed E-state index contributed by atoms with van der Waals surface area (Å²) in [7, 11) is 1.29. The number of amidine groups is 1. The molecule has 1 aliphatic carbocycles. The number of carbonyl (C=O) groups excluding carboxylic acids is 2. The third-order valence-corrected chi connectivity index (χ3v) is 6.78. The van der Waals surface area contributed by atoms with E-state index in [4.69, 9.17) is 10.1 Å². The summed E-state index contributed by atoms with van der Waals surface area (Å²) in [5, 5.41) is 12.0. The van der Waals surface area contributed by atoms with Gasteiger partial charge in [-0.15, -0.1) is 0 Å². The van der Waals surface area contributed by atoms with Gasteiger partial charge in [0.1, 0.15) is 0 Å². The summed E-state index contributed by atoms with van der Waals surface area (Å²) in [6.45, 7) is 0. The number of ketones is 1. The average Bonchev–Trinajstić information content (AvgIpc) is 2.95. The van der Waals surface area contributed by atoms with E-state index in [9.17, 15) is 9.59 Å². The minimum atomic E-state index is -0.640. The van der Waals surface area contributed by atoms with Crippen LogP contribution in [0.4, 0.5) is 4.79 Å². The number of ether oxygens (including phenoxy) is 1. The minimum Gasteiger partial charge on any atom is -0.453 e. The molecule has 1 amide bonds. The molecule has 0 aliphatic heterocycles. The zero-order chi connectivity index (χ0) is 26.0. The molecule has 0 spiro atoms. The Morgan fingerprint density at radius 1 is 0.892 bits per heavy atom. The molecular formula is C30H27N3O3S. The van der Waals surface area contributed by atoms with Crippen molar-refractivity contribution in [2.24, 2.45) is 10.9 Å². The molecule has 3 aromatic carbocycles. The van der Waals surface area contributed by atoms with Crippen LogP contribution in [-0.4, -0.2) is 29.9 Å². The van der Waals surface area contributed by atoms with Gasteiger partial charge in [0.05, 0.1) is 18.5 Å². The third-order valence-electron chi connectivity index (χ3n) is 5.84. The lowest BCUT2D eigenvalue weighted by molar-refractivity contribution is 0.102. The summed E-state index contributed by atoms with van der Waals surface area (Å²) >= 11 is 1.34. The number of amides is 1. The maximum Gasteiger partial charge on any atom is 0.412 e. The van der Waals surface area contributed by atoms with E-state index >= 15 is 0 Å². The fourth-order valence-electron chi connectivity index (χ4n) is 3.93. The second-order valence-electron chi connectivity index (χ2n) is 8.33. The molecule has 0 fully saturated rings. The zero-order valence-corrected chi connectivity index (χ0v) is 21.2. The SMILES string of the molecule is COC(=O)NC(=NC1=CC=C(C(=O)c2ccccc2)C(Cc2ccccc2)C1=N)SCc1ccccc1. The highest BCUT2D eigenvalue weighted by molar-refractivity contribution is 8.13. The number of nitrogens with zero attached hydrogens (tertiary/aromatic N) is 1. The number of methoxy groups -OCH3 is 1. The van der Waals surface area contributed by atoms with E-state index in [-0.39, 0.29) is 11.5 Å². The van der Waals surface area contributed by atoms with Crippen LogP contribution < -0.4 is 5.32 Å². The Balaban J connectivity index is 1.67. The quantitative estimate of drug-likeness (QED) is 0.225. The van der Waals surface area contributed by atoms with Crippen molar-refractivity contribution in [3.05, 3.63) is 131 Å². The Hall–Kier alpha value is -4.23. The van der Waals surface area contributed by atoms with Gasteiger partial charge in [0.15, 0.2) is 11.0 Å². The number of alkyl carbamates (subject to hydrolysis) is 1. The lowest BCUT2D eigenvalue weighted by atomic mass is 9.80. The molecule has 186 valence electrons. The highest BCUT2D eigenvalue weighted by atomic mass is 32.2. The largest absolute Gasteiger partial charge is 0.453 e. The summed E-state index contributed by atoms with van der Waals surface area (Å²) in [5.41, 5.74) is 3.80. The maximum absolute atomic E-state index is 13.4. The van der Waals surface area contributed by atoms with Crippen molar-refractivity contribution in [3.63, 3.8) is 0 Å². The van der Waals surface area contributed by atoms with Crippen molar-refractivity contribution in [2.45, 2.75) is 12.2 Å². The summed E-state index contributed by atoms with van der Waals surface area (Å²) in [5.74, 6) is -0.0278. The third kappa shape index (κ3) is 6.92. The topological polar surface area (TPSA) is 91.6 Å². The number of nitrogens with one attached hydrogen (secondary N) is 2. The molecule has 37 heavy (non-hydrogen) atoms. The number of thioether (sulfide) groups is 1. The van der Waals surface area contributed by atoms with Crippen molar-refractivity contribution >= 4 is 34.5 Å². The van der Waals surface area contributed by atoms with E-state index in [1.54, 1.807) is 24.3 Å². The molecule has 1 unspecified atom stereocenters. The number of aliphatic imine (C=N–C) groups is 1. The van der Waals surface area contributed by atoms with E-state index < -0.39 is 12.0 Å². The highest BCUT2D eigenvalue weighted by Gasteiger charge is 2.30. The van der Waals surface area contributed by atoms with E-state index in [0.717, 1.165) is 11.1 Å². The standard InChI is InChI=1S/C30H27N3O3S/c1-36-30(35)33-29(37-20-22-13-7-3-8-14-22)32-26-18-17-24(28(34)23-15-9-4-10-16-23)25(27(26)31)19-21-11-5-2-6-12-21/h2-18,25,31H,19-20H2,1H3,(H,32,33,35). The number of allylic oxidation sites excluding steroid dienone is 4. The highest BCUT2D eigenvalue weighted by Crippen LogP contribution is 2.30. The van der Waals surface area contributed by atoms with E-state index in [2.05, 4.69) is 10.3 Å². The van der Waals surface area contributed by atoms with Gasteiger partial charge in [-0.05, 0) is 23.6 Å². The monoisotopic (exact) mass is 509 g/mol. The summed E-state index contributed by atoms with van der Waals surface area (Å²) in [4.78, 5) is 30.0. The fourth-order valence-corrected chi connectivity index (χ4v) is 4.74. The Morgan fingerprint density at radius 2 is 1.49 bits per heavy atom. The van der Waals surface area contributed by atoms with Crippen LogP contribution in [0.3, 0.4) is 0 Å². The van der Waals surface area contributed by atoms with Gasteiger partial charge in [0.2, 0.25) is 0 Å². The molecular weight excluding hydrogens is 482 g/mol. The molecule has 0 heterocycles. The first kappa shape index (κ1) is 25.9. The molecule has 0 bridgehead atoms. The summed E-state index contributed by atoms with van der Waals surface area (Å²) < 4.78 is 4.77. The van der Waals surface area contributed by atoms with Crippen LogP contribution in [0.5, 0.6) is 0 Å². The molecule has 0 saturated carbocycles. The van der Waals surface area contributed by atoms with Gasteiger partial charge in [-0.2, -0.15) is 0 Å². The molecule has 0 aromatic heterocycles. The van der Waals surface area contributed by atoms with Gasteiger partial charge >= 0.3 is 6.09 Å².